The molecule has 0 saturated heterocycles. The molecule has 0 atom stereocenters. The van der Waals surface area contributed by atoms with E-state index in [4.69, 9.17) is 13.9 Å². The Morgan fingerprint density at radius 2 is 1.92 bits per heavy atom. The molecule has 8 nitrogen and oxygen atoms in total. The third-order valence-electron chi connectivity index (χ3n) is 3.20. The Hall–Kier alpha value is -3.29. The molecule has 0 unspecified atom stereocenters. The fourth-order valence-corrected chi connectivity index (χ4v) is 1.97. The van der Waals surface area contributed by atoms with Gasteiger partial charge in [-0.2, -0.15) is 5.10 Å². The quantitative estimate of drug-likeness (QED) is 0.585. The van der Waals surface area contributed by atoms with Gasteiger partial charge in [-0.3, -0.25) is 9.59 Å². The second-order valence-electron chi connectivity index (χ2n) is 4.99. The second kappa shape index (κ2) is 8.53. The number of carbonyl (C=O) groups is 2. The van der Waals surface area contributed by atoms with E-state index in [1.165, 1.54) is 26.5 Å². The monoisotopic (exact) mass is 345 g/mol. The molecule has 0 fully saturated rings. The van der Waals surface area contributed by atoms with E-state index in [1.54, 1.807) is 31.2 Å². The van der Waals surface area contributed by atoms with Crippen molar-refractivity contribution in [3.05, 3.63) is 47.4 Å². The second-order valence-corrected chi connectivity index (χ2v) is 4.99. The highest BCUT2D eigenvalue weighted by molar-refractivity contribution is 5.97. The van der Waals surface area contributed by atoms with E-state index >= 15 is 0 Å². The fraction of sp³-hybridized carbons (Fsp3) is 0.235. The molecular weight excluding hydrogens is 326 g/mol. The summed E-state index contributed by atoms with van der Waals surface area (Å²) in [5, 5.41) is 6.25. The number of nitrogens with one attached hydrogen (secondary N) is 2. The van der Waals surface area contributed by atoms with Crippen molar-refractivity contribution in [1.82, 2.24) is 10.7 Å². The molecule has 1 aromatic heterocycles. The summed E-state index contributed by atoms with van der Waals surface area (Å²) in [5.74, 6) is 1.33. The maximum absolute atomic E-state index is 12.1. The molecule has 2 N–H and O–H groups in total. The topological polar surface area (TPSA) is 102 Å². The van der Waals surface area contributed by atoms with Crippen molar-refractivity contribution in [2.45, 2.75) is 6.92 Å². The molecule has 2 aromatic rings. The summed E-state index contributed by atoms with van der Waals surface area (Å²) in [6, 6.07) is 8.23. The number of amides is 2. The summed E-state index contributed by atoms with van der Waals surface area (Å²) in [6.45, 7) is 1.58. The Bertz CT molecular complexity index is 782. The number of ether oxygens (including phenoxy) is 2. The normalized spacial score (nSPS) is 10.5. The number of carbonyl (C=O) groups excluding carboxylic acids is 2. The number of hydrogen-bond acceptors (Lipinski definition) is 6. The van der Waals surface area contributed by atoms with Gasteiger partial charge in [0, 0.05) is 5.56 Å². The molecule has 1 aromatic carbocycles. The van der Waals surface area contributed by atoms with Crippen molar-refractivity contribution in [1.29, 1.82) is 0 Å². The molecule has 2 rings (SSSR count). The van der Waals surface area contributed by atoms with Crippen LogP contribution >= 0.6 is 0 Å². The van der Waals surface area contributed by atoms with Crippen molar-refractivity contribution in [2.24, 2.45) is 5.10 Å². The summed E-state index contributed by atoms with van der Waals surface area (Å²) < 4.78 is 15.5. The number of nitrogens with zero attached hydrogens (tertiary/aromatic N) is 1. The molecule has 0 radical (unpaired) electrons. The molecule has 2 amide bonds. The number of methoxy groups -OCH3 is 2. The van der Waals surface area contributed by atoms with Crippen molar-refractivity contribution in [3.8, 4) is 11.5 Å². The molecule has 0 saturated carbocycles. The van der Waals surface area contributed by atoms with Crippen molar-refractivity contribution < 1.29 is 23.5 Å². The largest absolute Gasteiger partial charge is 0.493 e. The Balaban J connectivity index is 1.84. The van der Waals surface area contributed by atoms with Gasteiger partial charge in [0.15, 0.2) is 11.5 Å². The van der Waals surface area contributed by atoms with Crippen molar-refractivity contribution >= 4 is 18.0 Å². The zero-order chi connectivity index (χ0) is 18.2. The first kappa shape index (κ1) is 18.1. The summed E-state index contributed by atoms with van der Waals surface area (Å²) in [4.78, 5) is 23.8. The zero-order valence-electron chi connectivity index (χ0n) is 14.2. The molecule has 0 spiro atoms. The Kier molecular flexibility index (Phi) is 6.16. The predicted octanol–water partition coefficient (Wildman–Crippen LogP) is 1.49. The SMILES string of the molecule is COc1ccc(C(=O)NCC(=O)NN=Cc2ccc(C)o2)cc1OC. The van der Waals surface area contributed by atoms with E-state index in [9.17, 15) is 9.59 Å². The first-order valence-corrected chi connectivity index (χ1v) is 7.42. The van der Waals surface area contributed by atoms with E-state index < -0.39 is 11.8 Å². The van der Waals surface area contributed by atoms with Gasteiger partial charge in [0.25, 0.3) is 11.8 Å². The lowest BCUT2D eigenvalue weighted by molar-refractivity contribution is -0.120. The molecule has 0 bridgehead atoms. The van der Waals surface area contributed by atoms with Crippen LogP contribution in [-0.2, 0) is 4.79 Å². The van der Waals surface area contributed by atoms with Crippen molar-refractivity contribution in [3.63, 3.8) is 0 Å². The van der Waals surface area contributed by atoms with Crippen LogP contribution in [-0.4, -0.2) is 38.8 Å². The van der Waals surface area contributed by atoms with Crippen LogP contribution in [0.15, 0.2) is 39.9 Å². The molecule has 132 valence electrons. The van der Waals surface area contributed by atoms with Crippen LogP contribution in [0.3, 0.4) is 0 Å². The van der Waals surface area contributed by atoms with Gasteiger partial charge in [0.05, 0.1) is 27.0 Å². The van der Waals surface area contributed by atoms with Crippen LogP contribution in [0.25, 0.3) is 0 Å². The summed E-state index contributed by atoms with van der Waals surface area (Å²) in [6.07, 6.45) is 1.38. The number of aryl methyl sites for hydroxylation is 1. The van der Waals surface area contributed by atoms with Crippen LogP contribution < -0.4 is 20.2 Å². The average Bonchev–Trinajstić information content (AvgIpc) is 3.04. The number of furan rings is 1. The molecule has 8 heteroatoms. The van der Waals surface area contributed by atoms with E-state index in [1.807, 2.05) is 0 Å². The van der Waals surface area contributed by atoms with E-state index in [0.29, 0.717) is 22.8 Å². The molecule has 1 heterocycles. The van der Waals surface area contributed by atoms with Gasteiger partial charge in [-0.1, -0.05) is 0 Å². The van der Waals surface area contributed by atoms with Crippen LogP contribution in [0.5, 0.6) is 11.5 Å². The maximum atomic E-state index is 12.1. The van der Waals surface area contributed by atoms with Gasteiger partial charge < -0.3 is 19.2 Å². The number of hydrogen-bond donors (Lipinski definition) is 2. The van der Waals surface area contributed by atoms with Gasteiger partial charge in [-0.05, 0) is 37.3 Å². The van der Waals surface area contributed by atoms with Gasteiger partial charge in [-0.15, -0.1) is 0 Å². The smallest absolute Gasteiger partial charge is 0.259 e. The maximum Gasteiger partial charge on any atom is 0.259 e. The van der Waals surface area contributed by atoms with Crippen LogP contribution in [0.4, 0.5) is 0 Å². The fourth-order valence-electron chi connectivity index (χ4n) is 1.97. The minimum atomic E-state index is -0.464. The Labute approximate surface area is 144 Å². The predicted molar refractivity (Wildman–Crippen MR) is 91.1 cm³/mol. The summed E-state index contributed by atoms with van der Waals surface area (Å²) in [7, 11) is 2.98. The lowest BCUT2D eigenvalue weighted by atomic mass is 10.2. The van der Waals surface area contributed by atoms with Crippen molar-refractivity contribution in [2.75, 3.05) is 20.8 Å². The van der Waals surface area contributed by atoms with Gasteiger partial charge in [0.1, 0.15) is 11.5 Å². The average molecular weight is 345 g/mol. The van der Waals surface area contributed by atoms with Crippen LogP contribution in [0.2, 0.25) is 0 Å². The standard InChI is InChI=1S/C17H19N3O5/c1-11-4-6-13(25-11)9-19-20-16(21)10-18-17(22)12-5-7-14(23-2)15(8-12)24-3/h4-9H,10H2,1-3H3,(H,18,22)(H,20,21). The Morgan fingerprint density at radius 3 is 2.56 bits per heavy atom. The summed E-state index contributed by atoms with van der Waals surface area (Å²) in [5.41, 5.74) is 2.65. The highest BCUT2D eigenvalue weighted by Gasteiger charge is 2.11. The van der Waals surface area contributed by atoms with E-state index in [-0.39, 0.29) is 6.54 Å². The van der Waals surface area contributed by atoms with Gasteiger partial charge in [-0.25, -0.2) is 5.43 Å². The van der Waals surface area contributed by atoms with E-state index in [0.717, 1.165) is 5.76 Å². The molecule has 0 aliphatic carbocycles. The van der Waals surface area contributed by atoms with E-state index in [2.05, 4.69) is 15.8 Å². The minimum Gasteiger partial charge on any atom is -0.493 e. The highest BCUT2D eigenvalue weighted by atomic mass is 16.5. The zero-order valence-corrected chi connectivity index (χ0v) is 14.2. The first-order valence-electron chi connectivity index (χ1n) is 7.42. The lowest BCUT2D eigenvalue weighted by Crippen LogP contribution is -2.34. The number of benzene rings is 1. The summed E-state index contributed by atoms with van der Waals surface area (Å²) >= 11 is 0. The molecular formula is C17H19N3O5. The van der Waals surface area contributed by atoms with Gasteiger partial charge in [0.2, 0.25) is 0 Å². The first-order chi connectivity index (χ1) is 12.0. The molecule has 0 aliphatic rings. The lowest BCUT2D eigenvalue weighted by Gasteiger charge is -2.09. The van der Waals surface area contributed by atoms with Crippen LogP contribution in [0, 0.1) is 6.92 Å². The third-order valence-corrected chi connectivity index (χ3v) is 3.20. The third kappa shape index (κ3) is 5.10. The highest BCUT2D eigenvalue weighted by Crippen LogP contribution is 2.27. The Morgan fingerprint density at radius 1 is 1.16 bits per heavy atom. The molecule has 0 aliphatic heterocycles. The molecule has 25 heavy (non-hydrogen) atoms. The minimum absolute atomic E-state index is 0.221. The van der Waals surface area contributed by atoms with Gasteiger partial charge >= 0.3 is 0 Å². The number of rotatable bonds is 7. The number of hydrazone groups is 1. The van der Waals surface area contributed by atoms with Crippen LogP contribution in [0.1, 0.15) is 21.9 Å².